The van der Waals surface area contributed by atoms with Crippen molar-refractivity contribution in [3.05, 3.63) is 135 Å². The van der Waals surface area contributed by atoms with Crippen molar-refractivity contribution in [1.82, 2.24) is 14.5 Å². The fourth-order valence-corrected chi connectivity index (χ4v) is 5.04. The quantitative estimate of drug-likeness (QED) is 0.201. The third-order valence-electron chi connectivity index (χ3n) is 6.79. The first-order chi connectivity index (χ1) is 19.4. The van der Waals surface area contributed by atoms with E-state index in [1.54, 1.807) is 35.2 Å². The van der Waals surface area contributed by atoms with E-state index in [1.807, 2.05) is 67.6 Å². The summed E-state index contributed by atoms with van der Waals surface area (Å²) in [4.78, 5) is 34.4. The second-order valence-corrected chi connectivity index (χ2v) is 10.3. The second kappa shape index (κ2) is 12.3. The minimum absolute atomic E-state index is 0.276. The SMILES string of the molecule is CCC(c1nc2ccccc2c(=O)n1-c1ccc(F)cc1)N(CCc1ccccc1)C(=O)Nc1ccc(Br)cc1. The molecule has 0 bridgehead atoms. The molecule has 1 aromatic heterocycles. The summed E-state index contributed by atoms with van der Waals surface area (Å²) in [5.74, 6) is 0.00864. The summed E-state index contributed by atoms with van der Waals surface area (Å²) in [6.07, 6.45) is 1.11. The molecule has 6 nitrogen and oxygen atoms in total. The van der Waals surface area contributed by atoms with Gasteiger partial charge in [0.15, 0.2) is 0 Å². The monoisotopic (exact) mass is 598 g/mol. The van der Waals surface area contributed by atoms with Gasteiger partial charge in [-0.2, -0.15) is 0 Å². The first-order valence-electron chi connectivity index (χ1n) is 13.1. The number of benzene rings is 4. The number of hydrogen-bond acceptors (Lipinski definition) is 3. The van der Waals surface area contributed by atoms with Gasteiger partial charge in [0.25, 0.3) is 5.56 Å². The third-order valence-corrected chi connectivity index (χ3v) is 7.32. The van der Waals surface area contributed by atoms with E-state index in [0.717, 1.165) is 10.0 Å². The number of anilines is 1. The van der Waals surface area contributed by atoms with Crippen LogP contribution in [0.25, 0.3) is 16.6 Å². The molecular weight excluding hydrogens is 571 g/mol. The Balaban J connectivity index is 1.63. The van der Waals surface area contributed by atoms with Crippen LogP contribution in [0.2, 0.25) is 0 Å². The normalized spacial score (nSPS) is 11.8. The zero-order valence-electron chi connectivity index (χ0n) is 21.9. The number of nitrogens with zero attached hydrogens (tertiary/aromatic N) is 3. The zero-order chi connectivity index (χ0) is 28.1. The predicted octanol–water partition coefficient (Wildman–Crippen LogP) is 7.52. The molecule has 1 atom stereocenters. The Morgan fingerprint density at radius 1 is 0.950 bits per heavy atom. The lowest BCUT2D eigenvalue weighted by molar-refractivity contribution is 0.182. The Kier molecular flexibility index (Phi) is 8.36. The first kappa shape index (κ1) is 27.3. The molecule has 0 fully saturated rings. The van der Waals surface area contributed by atoms with E-state index in [0.29, 0.717) is 47.5 Å². The minimum Gasteiger partial charge on any atom is -0.314 e. The molecule has 0 saturated carbocycles. The summed E-state index contributed by atoms with van der Waals surface area (Å²) in [5.41, 5.74) is 2.48. The summed E-state index contributed by atoms with van der Waals surface area (Å²) in [6, 6.07) is 29.3. The lowest BCUT2D eigenvalue weighted by atomic mass is 10.1. The van der Waals surface area contributed by atoms with Crippen molar-refractivity contribution in [2.75, 3.05) is 11.9 Å². The maximum atomic E-state index is 13.9. The molecule has 0 radical (unpaired) electrons. The molecule has 5 rings (SSSR count). The molecule has 1 heterocycles. The highest BCUT2D eigenvalue weighted by Crippen LogP contribution is 2.27. The van der Waals surface area contributed by atoms with Crippen molar-refractivity contribution in [2.45, 2.75) is 25.8 Å². The fourth-order valence-electron chi connectivity index (χ4n) is 4.78. The Morgan fingerprint density at radius 3 is 2.33 bits per heavy atom. The number of carbonyl (C=O) groups excluding carboxylic acids is 1. The van der Waals surface area contributed by atoms with Gasteiger partial charge in [-0.15, -0.1) is 0 Å². The van der Waals surface area contributed by atoms with Gasteiger partial charge in [0, 0.05) is 16.7 Å². The highest BCUT2D eigenvalue weighted by molar-refractivity contribution is 9.10. The van der Waals surface area contributed by atoms with E-state index in [1.165, 1.54) is 16.7 Å². The van der Waals surface area contributed by atoms with Crippen molar-refractivity contribution in [1.29, 1.82) is 0 Å². The van der Waals surface area contributed by atoms with Crippen LogP contribution in [-0.2, 0) is 6.42 Å². The predicted molar refractivity (Wildman–Crippen MR) is 160 cm³/mol. The lowest BCUT2D eigenvalue weighted by Crippen LogP contribution is -2.42. The van der Waals surface area contributed by atoms with Gasteiger partial charge in [-0.3, -0.25) is 9.36 Å². The number of halogens is 2. The molecule has 202 valence electrons. The average Bonchev–Trinajstić information content (AvgIpc) is 2.97. The van der Waals surface area contributed by atoms with Crippen LogP contribution in [0.15, 0.2) is 112 Å². The van der Waals surface area contributed by atoms with Crippen LogP contribution < -0.4 is 10.9 Å². The molecule has 1 unspecified atom stereocenters. The summed E-state index contributed by atoms with van der Waals surface area (Å²) < 4.78 is 16.2. The molecule has 5 aromatic rings. The van der Waals surface area contributed by atoms with Crippen LogP contribution in [0.1, 0.15) is 30.8 Å². The number of nitrogens with one attached hydrogen (secondary N) is 1. The molecule has 0 saturated heterocycles. The van der Waals surface area contributed by atoms with Gasteiger partial charge in [-0.05, 0) is 79.1 Å². The van der Waals surface area contributed by atoms with Crippen molar-refractivity contribution >= 4 is 38.6 Å². The standard InChI is InChI=1S/C32H28BrFN4O2/c1-2-29(30-36-28-11-7-6-10-27(28)31(39)38(30)26-18-14-24(34)15-19-26)37(21-20-22-8-4-3-5-9-22)32(40)35-25-16-12-23(33)13-17-25/h3-19,29H,2,20-21H2,1H3,(H,35,40). The number of rotatable bonds is 8. The Morgan fingerprint density at radius 2 is 1.62 bits per heavy atom. The molecule has 0 aliphatic heterocycles. The number of urea groups is 1. The van der Waals surface area contributed by atoms with E-state index in [-0.39, 0.29) is 11.6 Å². The zero-order valence-corrected chi connectivity index (χ0v) is 23.5. The Bertz CT molecular complexity index is 1670. The van der Waals surface area contributed by atoms with E-state index in [2.05, 4.69) is 21.2 Å². The summed E-state index contributed by atoms with van der Waals surface area (Å²) in [7, 11) is 0. The van der Waals surface area contributed by atoms with E-state index in [4.69, 9.17) is 4.98 Å². The molecule has 40 heavy (non-hydrogen) atoms. The van der Waals surface area contributed by atoms with E-state index in [9.17, 15) is 14.0 Å². The van der Waals surface area contributed by atoms with Crippen LogP contribution in [0, 0.1) is 5.82 Å². The van der Waals surface area contributed by atoms with Crippen LogP contribution in [0.4, 0.5) is 14.9 Å². The van der Waals surface area contributed by atoms with Gasteiger partial charge in [0.2, 0.25) is 0 Å². The van der Waals surface area contributed by atoms with Crippen molar-refractivity contribution < 1.29 is 9.18 Å². The summed E-state index contributed by atoms with van der Waals surface area (Å²) >= 11 is 3.43. The number of fused-ring (bicyclic) bond motifs is 1. The fraction of sp³-hybridized carbons (Fsp3) is 0.156. The highest BCUT2D eigenvalue weighted by Gasteiger charge is 2.29. The number of carbonyl (C=O) groups is 1. The van der Waals surface area contributed by atoms with Crippen LogP contribution >= 0.6 is 15.9 Å². The van der Waals surface area contributed by atoms with Crippen molar-refractivity contribution in [2.24, 2.45) is 0 Å². The maximum absolute atomic E-state index is 13.9. The summed E-state index contributed by atoms with van der Waals surface area (Å²) in [6.45, 7) is 2.35. The van der Waals surface area contributed by atoms with Gasteiger partial charge in [-0.25, -0.2) is 14.2 Å². The second-order valence-electron chi connectivity index (χ2n) is 9.39. The van der Waals surface area contributed by atoms with E-state index < -0.39 is 11.9 Å². The smallest absolute Gasteiger partial charge is 0.314 e. The highest BCUT2D eigenvalue weighted by atomic mass is 79.9. The molecule has 0 aliphatic rings. The lowest BCUT2D eigenvalue weighted by Gasteiger charge is -2.32. The molecule has 0 spiro atoms. The van der Waals surface area contributed by atoms with Gasteiger partial charge in [0.05, 0.1) is 22.6 Å². The maximum Gasteiger partial charge on any atom is 0.322 e. The van der Waals surface area contributed by atoms with E-state index >= 15 is 0 Å². The third kappa shape index (κ3) is 5.97. The summed E-state index contributed by atoms with van der Waals surface area (Å²) in [5, 5.41) is 3.45. The van der Waals surface area contributed by atoms with Crippen molar-refractivity contribution in [3.63, 3.8) is 0 Å². The Labute approximate surface area is 240 Å². The number of aromatic nitrogens is 2. The van der Waals surface area contributed by atoms with Gasteiger partial charge in [0.1, 0.15) is 11.6 Å². The van der Waals surface area contributed by atoms with Crippen LogP contribution in [0.5, 0.6) is 0 Å². The van der Waals surface area contributed by atoms with Crippen molar-refractivity contribution in [3.8, 4) is 5.69 Å². The number of amides is 2. The average molecular weight is 600 g/mol. The Hall–Kier alpha value is -4.30. The molecule has 4 aromatic carbocycles. The van der Waals surface area contributed by atoms with Gasteiger partial charge in [-0.1, -0.05) is 65.3 Å². The molecule has 8 heteroatoms. The van der Waals surface area contributed by atoms with Gasteiger partial charge >= 0.3 is 6.03 Å². The molecule has 0 aliphatic carbocycles. The topological polar surface area (TPSA) is 67.2 Å². The molecule has 2 amide bonds. The number of para-hydroxylation sites is 1. The number of hydrogen-bond donors (Lipinski definition) is 1. The first-order valence-corrected chi connectivity index (χ1v) is 13.9. The minimum atomic E-state index is -0.554. The van der Waals surface area contributed by atoms with Crippen LogP contribution in [-0.4, -0.2) is 27.0 Å². The largest absolute Gasteiger partial charge is 0.322 e. The molecular formula is C32H28BrFN4O2. The molecule has 1 N–H and O–H groups in total. The van der Waals surface area contributed by atoms with Crippen LogP contribution in [0.3, 0.4) is 0 Å². The van der Waals surface area contributed by atoms with Gasteiger partial charge < -0.3 is 10.2 Å².